The molecule has 8 heteroatoms. The van der Waals surface area contributed by atoms with E-state index in [4.69, 9.17) is 4.74 Å². The summed E-state index contributed by atoms with van der Waals surface area (Å²) >= 11 is 0. The maximum Gasteiger partial charge on any atom is 0.251 e. The highest BCUT2D eigenvalue weighted by Gasteiger charge is 2.08. The van der Waals surface area contributed by atoms with Gasteiger partial charge in [-0.1, -0.05) is 13.0 Å². The fourth-order valence-corrected chi connectivity index (χ4v) is 2.72. The molecule has 0 bridgehead atoms. The van der Waals surface area contributed by atoms with Gasteiger partial charge in [-0.2, -0.15) is 0 Å². The second kappa shape index (κ2) is 13.0. The predicted molar refractivity (Wildman–Crippen MR) is 121 cm³/mol. The van der Waals surface area contributed by atoms with Gasteiger partial charge in [0.2, 0.25) is 5.91 Å². The molecule has 166 valence electrons. The van der Waals surface area contributed by atoms with Crippen molar-refractivity contribution >= 4 is 29.1 Å². The average molecular weight is 427 g/mol. The first-order valence-electron chi connectivity index (χ1n) is 10.3. The van der Waals surface area contributed by atoms with Gasteiger partial charge in [-0.05, 0) is 55.3 Å². The Morgan fingerprint density at radius 2 is 1.58 bits per heavy atom. The summed E-state index contributed by atoms with van der Waals surface area (Å²) in [6, 6.07) is 13.7. The fourth-order valence-electron chi connectivity index (χ4n) is 2.72. The Morgan fingerprint density at radius 3 is 2.29 bits per heavy atom. The lowest BCUT2D eigenvalue weighted by Gasteiger charge is -2.10. The van der Waals surface area contributed by atoms with Crippen LogP contribution in [0.3, 0.4) is 0 Å². The van der Waals surface area contributed by atoms with Crippen molar-refractivity contribution in [1.82, 2.24) is 10.6 Å². The summed E-state index contributed by atoms with van der Waals surface area (Å²) in [6.07, 6.45) is 1.61. The van der Waals surface area contributed by atoms with Gasteiger partial charge >= 0.3 is 0 Å². The van der Waals surface area contributed by atoms with Crippen molar-refractivity contribution in [3.63, 3.8) is 0 Å². The number of methoxy groups -OCH3 is 1. The molecule has 2 rings (SSSR count). The second-order valence-corrected chi connectivity index (χ2v) is 6.92. The molecule has 0 aliphatic rings. The lowest BCUT2D eigenvalue weighted by Crippen LogP contribution is -2.25. The van der Waals surface area contributed by atoms with Gasteiger partial charge in [-0.3, -0.25) is 14.4 Å². The molecule has 31 heavy (non-hydrogen) atoms. The largest absolute Gasteiger partial charge is 0.385 e. The Bertz CT molecular complexity index is 868. The van der Waals surface area contributed by atoms with Crippen molar-refractivity contribution in [1.29, 1.82) is 0 Å². The normalized spacial score (nSPS) is 10.3. The number of nitrogens with one attached hydrogen (secondary N) is 4. The summed E-state index contributed by atoms with van der Waals surface area (Å²) in [6.45, 7) is 3.78. The Kier molecular flexibility index (Phi) is 10.0. The molecule has 0 saturated heterocycles. The van der Waals surface area contributed by atoms with Crippen molar-refractivity contribution in [2.24, 2.45) is 0 Å². The molecule has 0 heterocycles. The number of carbonyl (C=O) groups is 3. The van der Waals surface area contributed by atoms with Crippen LogP contribution in [-0.4, -0.2) is 51.1 Å². The Morgan fingerprint density at radius 1 is 0.871 bits per heavy atom. The molecule has 0 radical (unpaired) electrons. The highest BCUT2D eigenvalue weighted by atomic mass is 16.5. The number of hydrogen-bond acceptors (Lipinski definition) is 5. The molecule has 2 aromatic carbocycles. The summed E-state index contributed by atoms with van der Waals surface area (Å²) in [7, 11) is 1.62. The number of anilines is 2. The maximum atomic E-state index is 12.2. The molecule has 3 amide bonds. The standard InChI is InChI=1S/C23H30N4O4/c1-3-12-24-22(29)17-8-10-19(11-9-17)27-21(28)16-26-20-7-4-6-18(15-20)23(30)25-13-5-14-31-2/h4,6-11,15,26H,3,5,12-14,16H2,1-2H3,(H,24,29)(H,25,30)(H,27,28). The zero-order chi connectivity index (χ0) is 22.5. The van der Waals surface area contributed by atoms with Crippen LogP contribution in [0.2, 0.25) is 0 Å². The topological polar surface area (TPSA) is 109 Å². The number of amides is 3. The quantitative estimate of drug-likeness (QED) is 0.390. The van der Waals surface area contributed by atoms with E-state index >= 15 is 0 Å². The zero-order valence-corrected chi connectivity index (χ0v) is 18.0. The van der Waals surface area contributed by atoms with Crippen LogP contribution in [0.4, 0.5) is 11.4 Å². The van der Waals surface area contributed by atoms with Crippen LogP contribution in [-0.2, 0) is 9.53 Å². The van der Waals surface area contributed by atoms with Gasteiger partial charge in [0.15, 0.2) is 0 Å². The molecule has 0 aliphatic carbocycles. The Labute approximate surface area is 182 Å². The van der Waals surface area contributed by atoms with Crippen LogP contribution in [0.5, 0.6) is 0 Å². The van der Waals surface area contributed by atoms with Crippen LogP contribution in [0, 0.1) is 0 Å². The summed E-state index contributed by atoms with van der Waals surface area (Å²) in [5.41, 5.74) is 2.33. The third kappa shape index (κ3) is 8.47. The smallest absolute Gasteiger partial charge is 0.251 e. The van der Waals surface area contributed by atoms with Crippen LogP contribution < -0.4 is 21.3 Å². The van der Waals surface area contributed by atoms with Gasteiger partial charge in [0.05, 0.1) is 6.54 Å². The minimum atomic E-state index is -0.238. The third-order valence-electron chi connectivity index (χ3n) is 4.36. The molecule has 2 aromatic rings. The zero-order valence-electron chi connectivity index (χ0n) is 18.0. The molecular weight excluding hydrogens is 396 g/mol. The number of rotatable bonds is 12. The molecule has 0 aliphatic heterocycles. The third-order valence-corrected chi connectivity index (χ3v) is 4.36. The highest BCUT2D eigenvalue weighted by Crippen LogP contribution is 2.12. The second-order valence-electron chi connectivity index (χ2n) is 6.92. The lowest BCUT2D eigenvalue weighted by molar-refractivity contribution is -0.114. The number of benzene rings is 2. The predicted octanol–water partition coefficient (Wildman–Crippen LogP) is 2.64. The van der Waals surface area contributed by atoms with Crippen LogP contribution in [0.25, 0.3) is 0 Å². The molecule has 0 aromatic heterocycles. The summed E-state index contributed by atoms with van der Waals surface area (Å²) in [5, 5.41) is 11.4. The molecule has 0 fully saturated rings. The van der Waals surface area contributed by atoms with E-state index in [0.29, 0.717) is 42.2 Å². The maximum absolute atomic E-state index is 12.2. The van der Waals surface area contributed by atoms with E-state index in [1.165, 1.54) is 0 Å². The van der Waals surface area contributed by atoms with Gasteiger partial charge < -0.3 is 26.0 Å². The van der Waals surface area contributed by atoms with Crippen LogP contribution >= 0.6 is 0 Å². The van der Waals surface area contributed by atoms with Gasteiger partial charge in [0.1, 0.15) is 0 Å². The lowest BCUT2D eigenvalue weighted by atomic mass is 10.2. The summed E-state index contributed by atoms with van der Waals surface area (Å²) < 4.78 is 4.96. The summed E-state index contributed by atoms with van der Waals surface area (Å²) in [4.78, 5) is 36.3. The monoisotopic (exact) mass is 426 g/mol. The number of ether oxygens (including phenoxy) is 1. The SMILES string of the molecule is CCCNC(=O)c1ccc(NC(=O)CNc2cccc(C(=O)NCCCOC)c2)cc1. The van der Waals surface area contributed by atoms with Crippen molar-refractivity contribution in [3.8, 4) is 0 Å². The molecule has 0 spiro atoms. The first-order chi connectivity index (χ1) is 15.0. The molecule has 0 unspecified atom stereocenters. The Balaban J connectivity index is 1.82. The van der Waals surface area contributed by atoms with E-state index in [-0.39, 0.29) is 24.3 Å². The van der Waals surface area contributed by atoms with Crippen molar-refractivity contribution in [3.05, 3.63) is 59.7 Å². The summed E-state index contributed by atoms with van der Waals surface area (Å²) in [5.74, 6) is -0.547. The molecule has 8 nitrogen and oxygen atoms in total. The van der Waals surface area contributed by atoms with E-state index in [0.717, 1.165) is 12.8 Å². The van der Waals surface area contributed by atoms with Crippen molar-refractivity contribution in [2.75, 3.05) is 44.0 Å². The van der Waals surface area contributed by atoms with Crippen molar-refractivity contribution < 1.29 is 19.1 Å². The van der Waals surface area contributed by atoms with Gasteiger partial charge in [-0.25, -0.2) is 0 Å². The molecule has 0 saturated carbocycles. The molecule has 4 N–H and O–H groups in total. The van der Waals surface area contributed by atoms with Crippen LogP contribution in [0.15, 0.2) is 48.5 Å². The minimum absolute atomic E-state index is 0.0393. The highest BCUT2D eigenvalue weighted by molar-refractivity contribution is 5.97. The van der Waals surface area contributed by atoms with Gasteiger partial charge in [-0.15, -0.1) is 0 Å². The van der Waals surface area contributed by atoms with Gasteiger partial charge in [0.25, 0.3) is 11.8 Å². The van der Waals surface area contributed by atoms with Gasteiger partial charge in [0, 0.05) is 49.3 Å². The van der Waals surface area contributed by atoms with E-state index < -0.39 is 0 Å². The molecule has 0 atom stereocenters. The van der Waals surface area contributed by atoms with Crippen molar-refractivity contribution in [2.45, 2.75) is 19.8 Å². The first kappa shape index (κ1) is 23.9. The fraction of sp³-hybridized carbons (Fsp3) is 0.348. The van der Waals surface area contributed by atoms with E-state index in [1.807, 2.05) is 6.92 Å². The van der Waals surface area contributed by atoms with E-state index in [9.17, 15) is 14.4 Å². The van der Waals surface area contributed by atoms with E-state index in [1.54, 1.807) is 55.6 Å². The minimum Gasteiger partial charge on any atom is -0.385 e. The number of carbonyl (C=O) groups excluding carboxylic acids is 3. The first-order valence-corrected chi connectivity index (χ1v) is 10.3. The van der Waals surface area contributed by atoms with E-state index in [2.05, 4.69) is 21.3 Å². The average Bonchev–Trinajstić information content (AvgIpc) is 2.79. The van der Waals surface area contributed by atoms with Crippen LogP contribution in [0.1, 0.15) is 40.5 Å². The number of hydrogen-bond donors (Lipinski definition) is 4. The molecular formula is C23H30N4O4. The Hall–Kier alpha value is -3.39.